The van der Waals surface area contributed by atoms with Crippen LogP contribution in [-0.4, -0.2) is 37.1 Å². The van der Waals surface area contributed by atoms with Crippen molar-refractivity contribution in [2.45, 2.75) is 31.8 Å². The van der Waals surface area contributed by atoms with E-state index in [1.54, 1.807) is 12.1 Å². The highest BCUT2D eigenvalue weighted by atomic mass is 19.1. The first kappa shape index (κ1) is 15.9. The molecule has 0 amide bonds. The highest BCUT2D eigenvalue weighted by molar-refractivity contribution is 5.69. The van der Waals surface area contributed by atoms with Crippen LogP contribution in [-0.2, 0) is 16.1 Å². The second kappa shape index (κ2) is 7.52. The summed E-state index contributed by atoms with van der Waals surface area (Å²) in [6, 6.07) is 6.90. The molecule has 0 spiro atoms. The van der Waals surface area contributed by atoms with Gasteiger partial charge in [0.15, 0.2) is 0 Å². The molecule has 21 heavy (non-hydrogen) atoms. The minimum atomic E-state index is -0.185. The first-order valence-electron chi connectivity index (χ1n) is 7.36. The van der Waals surface area contributed by atoms with Crippen LogP contribution in [0.25, 0.3) is 0 Å². The highest BCUT2D eigenvalue weighted by Gasteiger charge is 2.26. The summed E-state index contributed by atoms with van der Waals surface area (Å²) in [5.41, 5.74) is 6.79. The molecule has 116 valence electrons. The number of hydrogen-bond donors (Lipinski definition) is 1. The molecule has 4 nitrogen and oxygen atoms in total. The molecule has 2 atom stereocenters. The summed E-state index contributed by atoms with van der Waals surface area (Å²) in [5, 5.41) is 0. The fourth-order valence-corrected chi connectivity index (χ4v) is 2.98. The molecule has 1 saturated heterocycles. The molecule has 5 heteroatoms. The number of rotatable bonds is 5. The maximum absolute atomic E-state index is 13.7. The van der Waals surface area contributed by atoms with E-state index in [9.17, 15) is 9.18 Å². The largest absolute Gasteiger partial charge is 0.469 e. The number of ether oxygens (including phenoxy) is 1. The molecule has 0 radical (unpaired) electrons. The van der Waals surface area contributed by atoms with Gasteiger partial charge in [-0.25, -0.2) is 4.39 Å². The minimum absolute atomic E-state index is 0.0770. The SMILES string of the molecule is COC(=O)CCC1CC(N)CN(Cc2ccccc2F)C1. The molecule has 1 fully saturated rings. The lowest BCUT2D eigenvalue weighted by Crippen LogP contribution is -2.46. The Balaban J connectivity index is 1.91. The van der Waals surface area contributed by atoms with Gasteiger partial charge in [-0.1, -0.05) is 18.2 Å². The second-order valence-corrected chi connectivity index (χ2v) is 5.76. The molecular weight excluding hydrogens is 271 g/mol. The van der Waals surface area contributed by atoms with Crippen LogP contribution in [0.5, 0.6) is 0 Å². The number of benzene rings is 1. The van der Waals surface area contributed by atoms with E-state index in [1.807, 2.05) is 6.07 Å². The Morgan fingerprint density at radius 1 is 1.43 bits per heavy atom. The van der Waals surface area contributed by atoms with Crippen molar-refractivity contribution in [1.29, 1.82) is 0 Å². The molecule has 2 unspecified atom stereocenters. The molecule has 1 aliphatic rings. The van der Waals surface area contributed by atoms with Crippen LogP contribution in [0.3, 0.4) is 0 Å². The van der Waals surface area contributed by atoms with Gasteiger partial charge in [-0.05, 0) is 24.8 Å². The molecule has 0 saturated carbocycles. The van der Waals surface area contributed by atoms with E-state index in [-0.39, 0.29) is 17.8 Å². The number of hydrogen-bond acceptors (Lipinski definition) is 4. The fraction of sp³-hybridized carbons (Fsp3) is 0.562. The van der Waals surface area contributed by atoms with Gasteiger partial charge in [0.1, 0.15) is 5.82 Å². The van der Waals surface area contributed by atoms with Crippen LogP contribution in [0.15, 0.2) is 24.3 Å². The number of nitrogens with two attached hydrogens (primary N) is 1. The molecule has 0 aliphatic carbocycles. The van der Waals surface area contributed by atoms with E-state index in [0.29, 0.717) is 24.4 Å². The lowest BCUT2D eigenvalue weighted by molar-refractivity contribution is -0.141. The predicted molar refractivity (Wildman–Crippen MR) is 79.0 cm³/mol. The lowest BCUT2D eigenvalue weighted by atomic mass is 9.90. The zero-order valence-corrected chi connectivity index (χ0v) is 12.4. The van der Waals surface area contributed by atoms with Crippen molar-refractivity contribution in [3.8, 4) is 0 Å². The van der Waals surface area contributed by atoms with Gasteiger partial charge < -0.3 is 10.5 Å². The van der Waals surface area contributed by atoms with Crippen molar-refractivity contribution in [2.24, 2.45) is 11.7 Å². The van der Waals surface area contributed by atoms with Gasteiger partial charge in [0, 0.05) is 37.7 Å². The molecule has 0 aromatic heterocycles. The number of piperidine rings is 1. The average molecular weight is 294 g/mol. The molecule has 1 aromatic carbocycles. The van der Waals surface area contributed by atoms with Crippen molar-refractivity contribution >= 4 is 5.97 Å². The molecule has 0 bridgehead atoms. The van der Waals surface area contributed by atoms with E-state index in [1.165, 1.54) is 13.2 Å². The van der Waals surface area contributed by atoms with Crippen molar-refractivity contribution in [2.75, 3.05) is 20.2 Å². The van der Waals surface area contributed by atoms with Crippen LogP contribution in [0.2, 0.25) is 0 Å². The van der Waals surface area contributed by atoms with Gasteiger partial charge in [0.2, 0.25) is 0 Å². The summed E-state index contributed by atoms with van der Waals surface area (Å²) in [6.45, 7) is 2.18. The van der Waals surface area contributed by atoms with Crippen LogP contribution >= 0.6 is 0 Å². The first-order valence-corrected chi connectivity index (χ1v) is 7.36. The quantitative estimate of drug-likeness (QED) is 0.843. The van der Waals surface area contributed by atoms with Gasteiger partial charge in [-0.15, -0.1) is 0 Å². The van der Waals surface area contributed by atoms with E-state index in [0.717, 1.165) is 25.9 Å². The van der Waals surface area contributed by atoms with Crippen molar-refractivity contribution in [3.63, 3.8) is 0 Å². The summed E-state index contributed by atoms with van der Waals surface area (Å²) >= 11 is 0. The number of likely N-dealkylation sites (tertiary alicyclic amines) is 1. The van der Waals surface area contributed by atoms with Crippen molar-refractivity contribution < 1.29 is 13.9 Å². The summed E-state index contributed by atoms with van der Waals surface area (Å²) in [5.74, 6) is -0.00261. The zero-order valence-electron chi connectivity index (χ0n) is 12.4. The normalized spacial score (nSPS) is 23.0. The Labute approximate surface area is 125 Å². The highest BCUT2D eigenvalue weighted by Crippen LogP contribution is 2.22. The van der Waals surface area contributed by atoms with Gasteiger partial charge >= 0.3 is 5.97 Å². The van der Waals surface area contributed by atoms with Crippen LogP contribution in [0, 0.1) is 11.7 Å². The van der Waals surface area contributed by atoms with E-state index in [4.69, 9.17) is 5.73 Å². The third-order valence-electron chi connectivity index (χ3n) is 3.98. The number of carbonyl (C=O) groups excluding carboxylic acids is 1. The Hall–Kier alpha value is -1.46. The fourth-order valence-electron chi connectivity index (χ4n) is 2.98. The third kappa shape index (κ3) is 4.79. The number of esters is 1. The van der Waals surface area contributed by atoms with E-state index < -0.39 is 0 Å². The molecule has 1 aromatic rings. The predicted octanol–water partition coefficient (Wildman–Crippen LogP) is 1.93. The van der Waals surface area contributed by atoms with Gasteiger partial charge in [-0.3, -0.25) is 9.69 Å². The van der Waals surface area contributed by atoms with Crippen LogP contribution < -0.4 is 5.73 Å². The Kier molecular flexibility index (Phi) is 5.70. The minimum Gasteiger partial charge on any atom is -0.469 e. The lowest BCUT2D eigenvalue weighted by Gasteiger charge is -2.36. The monoisotopic (exact) mass is 294 g/mol. The zero-order chi connectivity index (χ0) is 15.2. The van der Waals surface area contributed by atoms with Crippen molar-refractivity contribution in [1.82, 2.24) is 4.90 Å². The molecule has 2 rings (SSSR count). The summed E-state index contributed by atoms with van der Waals surface area (Å²) in [4.78, 5) is 13.4. The molecular formula is C16H23FN2O2. The smallest absolute Gasteiger partial charge is 0.305 e. The Bertz CT molecular complexity index is 481. The first-order chi connectivity index (χ1) is 10.1. The van der Waals surface area contributed by atoms with Crippen LogP contribution in [0.4, 0.5) is 4.39 Å². The number of carbonyl (C=O) groups is 1. The molecule has 2 N–H and O–H groups in total. The van der Waals surface area contributed by atoms with Gasteiger partial charge in [-0.2, -0.15) is 0 Å². The Morgan fingerprint density at radius 3 is 2.90 bits per heavy atom. The second-order valence-electron chi connectivity index (χ2n) is 5.76. The maximum Gasteiger partial charge on any atom is 0.305 e. The summed E-state index contributed by atoms with van der Waals surface area (Å²) in [7, 11) is 1.40. The number of nitrogens with zero attached hydrogens (tertiary/aromatic N) is 1. The van der Waals surface area contributed by atoms with Gasteiger partial charge in [0.25, 0.3) is 0 Å². The summed E-state index contributed by atoms with van der Waals surface area (Å²) < 4.78 is 18.4. The molecule has 1 heterocycles. The van der Waals surface area contributed by atoms with E-state index in [2.05, 4.69) is 9.64 Å². The number of methoxy groups -OCH3 is 1. The average Bonchev–Trinajstić information content (AvgIpc) is 2.46. The van der Waals surface area contributed by atoms with Gasteiger partial charge in [0.05, 0.1) is 7.11 Å². The van der Waals surface area contributed by atoms with Crippen LogP contribution in [0.1, 0.15) is 24.8 Å². The van der Waals surface area contributed by atoms with E-state index >= 15 is 0 Å². The summed E-state index contributed by atoms with van der Waals surface area (Å²) in [6.07, 6.45) is 2.10. The number of halogens is 1. The standard InChI is InChI=1S/C16H23FN2O2/c1-21-16(20)7-6-12-8-14(18)11-19(9-12)10-13-4-2-3-5-15(13)17/h2-5,12,14H,6-11,18H2,1H3. The van der Waals surface area contributed by atoms with Crippen molar-refractivity contribution in [3.05, 3.63) is 35.6 Å². The maximum atomic E-state index is 13.7. The third-order valence-corrected chi connectivity index (χ3v) is 3.98. The topological polar surface area (TPSA) is 55.6 Å². The Morgan fingerprint density at radius 2 is 2.19 bits per heavy atom. The molecule has 1 aliphatic heterocycles.